The first-order chi connectivity index (χ1) is 7.72. The van der Waals surface area contributed by atoms with Gasteiger partial charge in [0.15, 0.2) is 5.82 Å². The van der Waals surface area contributed by atoms with Crippen molar-refractivity contribution in [2.45, 2.75) is 19.8 Å². The van der Waals surface area contributed by atoms with Crippen molar-refractivity contribution in [3.05, 3.63) is 29.8 Å². The Labute approximate surface area is 94.1 Å². The Morgan fingerprint density at radius 3 is 3.00 bits per heavy atom. The molecule has 0 aliphatic rings. The highest BCUT2D eigenvalue weighted by Crippen LogP contribution is 2.19. The van der Waals surface area contributed by atoms with E-state index in [4.69, 9.17) is 0 Å². The number of aromatic amines is 1. The smallest absolute Gasteiger partial charge is 0.151 e. The number of hydrogen-bond donors (Lipinski definition) is 2. The van der Waals surface area contributed by atoms with E-state index in [-0.39, 0.29) is 11.7 Å². The zero-order chi connectivity index (χ0) is 11.5. The summed E-state index contributed by atoms with van der Waals surface area (Å²) >= 11 is 0. The molecule has 0 radical (unpaired) electrons. The lowest BCUT2D eigenvalue weighted by molar-refractivity contribution is 0.612. The summed E-state index contributed by atoms with van der Waals surface area (Å²) in [5.41, 5.74) is 1.19. The molecule has 0 aliphatic carbocycles. The highest BCUT2D eigenvalue weighted by Gasteiger charge is 2.12. The lowest BCUT2D eigenvalue weighted by atomic mass is 10.2. The second kappa shape index (κ2) is 4.61. The normalized spacial score (nSPS) is 13.2. The minimum atomic E-state index is -0.268. The molecule has 2 rings (SSSR count). The van der Waals surface area contributed by atoms with Crippen molar-refractivity contribution in [2.24, 2.45) is 0 Å². The van der Waals surface area contributed by atoms with Crippen molar-refractivity contribution in [2.75, 3.05) is 13.1 Å². The molecule has 0 bridgehead atoms. The summed E-state index contributed by atoms with van der Waals surface area (Å²) in [5, 5.41) is 3.25. The SMILES string of the molecule is CCNCC(C)c1nc2c(F)cccc2[nH]1. The zero-order valence-electron chi connectivity index (χ0n) is 9.55. The number of imidazole rings is 1. The third-order valence-corrected chi connectivity index (χ3v) is 2.65. The van der Waals surface area contributed by atoms with Gasteiger partial charge in [0.25, 0.3) is 0 Å². The molecule has 0 fully saturated rings. The number of likely N-dealkylation sites (N-methyl/N-ethyl adjacent to an activating group) is 1. The summed E-state index contributed by atoms with van der Waals surface area (Å²) in [6.07, 6.45) is 0. The summed E-state index contributed by atoms with van der Waals surface area (Å²) in [7, 11) is 0. The number of fused-ring (bicyclic) bond motifs is 1. The molecule has 2 aromatic rings. The Hall–Kier alpha value is -1.42. The molecule has 0 saturated heterocycles. The van der Waals surface area contributed by atoms with Gasteiger partial charge in [-0.15, -0.1) is 0 Å². The molecule has 0 spiro atoms. The number of nitrogens with one attached hydrogen (secondary N) is 2. The van der Waals surface area contributed by atoms with Crippen LogP contribution in [0.15, 0.2) is 18.2 Å². The van der Waals surface area contributed by atoms with E-state index in [9.17, 15) is 4.39 Å². The average molecular weight is 221 g/mol. The van der Waals surface area contributed by atoms with Crippen LogP contribution in [0.1, 0.15) is 25.6 Å². The number of halogens is 1. The molecule has 0 saturated carbocycles. The summed E-state index contributed by atoms with van der Waals surface area (Å²) in [6, 6.07) is 4.96. The van der Waals surface area contributed by atoms with E-state index in [0.29, 0.717) is 5.52 Å². The number of rotatable bonds is 4. The fraction of sp³-hybridized carbons (Fsp3) is 0.417. The van der Waals surface area contributed by atoms with Crippen LogP contribution < -0.4 is 5.32 Å². The number of hydrogen-bond acceptors (Lipinski definition) is 2. The van der Waals surface area contributed by atoms with Gasteiger partial charge in [0.2, 0.25) is 0 Å². The van der Waals surface area contributed by atoms with Gasteiger partial charge in [-0.25, -0.2) is 9.37 Å². The minimum Gasteiger partial charge on any atom is -0.342 e. The maximum Gasteiger partial charge on any atom is 0.151 e. The Balaban J connectivity index is 2.29. The summed E-state index contributed by atoms with van der Waals surface area (Å²) in [5.74, 6) is 0.823. The van der Waals surface area contributed by atoms with Crippen LogP contribution >= 0.6 is 0 Å². The van der Waals surface area contributed by atoms with E-state index in [1.165, 1.54) is 6.07 Å². The van der Waals surface area contributed by atoms with Gasteiger partial charge >= 0.3 is 0 Å². The molecule has 16 heavy (non-hydrogen) atoms. The number of para-hydroxylation sites is 1. The molecule has 1 unspecified atom stereocenters. The number of aromatic nitrogens is 2. The molecule has 4 heteroatoms. The van der Waals surface area contributed by atoms with Gasteiger partial charge in [-0.2, -0.15) is 0 Å². The number of nitrogens with zero attached hydrogens (tertiary/aromatic N) is 1. The largest absolute Gasteiger partial charge is 0.342 e. The molecule has 3 nitrogen and oxygen atoms in total. The summed E-state index contributed by atoms with van der Waals surface area (Å²) < 4.78 is 13.4. The van der Waals surface area contributed by atoms with Gasteiger partial charge < -0.3 is 10.3 Å². The first kappa shape index (κ1) is 11.1. The Morgan fingerprint density at radius 2 is 2.31 bits per heavy atom. The predicted molar refractivity (Wildman–Crippen MR) is 63.0 cm³/mol. The fourth-order valence-corrected chi connectivity index (χ4v) is 1.71. The second-order valence-corrected chi connectivity index (χ2v) is 3.97. The lowest BCUT2D eigenvalue weighted by Crippen LogP contribution is -2.20. The minimum absolute atomic E-state index is 0.256. The molecular weight excluding hydrogens is 205 g/mol. The molecule has 0 amide bonds. The molecule has 1 aromatic heterocycles. The predicted octanol–water partition coefficient (Wildman–Crippen LogP) is 2.42. The molecular formula is C12H16FN3. The quantitative estimate of drug-likeness (QED) is 0.832. The molecule has 0 aliphatic heterocycles. The molecule has 86 valence electrons. The second-order valence-electron chi connectivity index (χ2n) is 3.97. The maximum absolute atomic E-state index is 13.4. The van der Waals surface area contributed by atoms with Crippen LogP contribution in [0, 0.1) is 5.82 Å². The first-order valence-electron chi connectivity index (χ1n) is 5.57. The third kappa shape index (κ3) is 2.07. The Bertz CT molecular complexity index is 478. The van der Waals surface area contributed by atoms with Crippen LogP contribution in [0.25, 0.3) is 11.0 Å². The fourth-order valence-electron chi connectivity index (χ4n) is 1.71. The number of H-pyrrole nitrogens is 1. The monoisotopic (exact) mass is 221 g/mol. The van der Waals surface area contributed by atoms with Crippen LogP contribution in [0.3, 0.4) is 0 Å². The van der Waals surface area contributed by atoms with E-state index < -0.39 is 0 Å². The van der Waals surface area contributed by atoms with Gasteiger partial charge in [-0.3, -0.25) is 0 Å². The van der Waals surface area contributed by atoms with Gasteiger partial charge in [0.1, 0.15) is 11.3 Å². The topological polar surface area (TPSA) is 40.7 Å². The average Bonchev–Trinajstić information content (AvgIpc) is 2.71. The molecule has 2 N–H and O–H groups in total. The van der Waals surface area contributed by atoms with Crippen molar-refractivity contribution in [1.82, 2.24) is 15.3 Å². The highest BCUT2D eigenvalue weighted by atomic mass is 19.1. The summed E-state index contributed by atoms with van der Waals surface area (Å²) in [6.45, 7) is 5.90. The Morgan fingerprint density at radius 1 is 1.50 bits per heavy atom. The first-order valence-corrected chi connectivity index (χ1v) is 5.57. The van der Waals surface area contributed by atoms with Crippen molar-refractivity contribution in [1.29, 1.82) is 0 Å². The third-order valence-electron chi connectivity index (χ3n) is 2.65. The van der Waals surface area contributed by atoms with E-state index in [1.54, 1.807) is 6.07 Å². The Kier molecular flexibility index (Phi) is 3.19. The van der Waals surface area contributed by atoms with E-state index in [1.807, 2.05) is 6.07 Å². The van der Waals surface area contributed by atoms with Crippen molar-refractivity contribution in [3.8, 4) is 0 Å². The maximum atomic E-state index is 13.4. The van der Waals surface area contributed by atoms with Crippen LogP contribution in [0.2, 0.25) is 0 Å². The standard InChI is InChI=1S/C12H16FN3/c1-3-14-7-8(2)12-15-10-6-4-5-9(13)11(10)16-12/h4-6,8,14H,3,7H2,1-2H3,(H,15,16). The van der Waals surface area contributed by atoms with Crippen LogP contribution in [-0.4, -0.2) is 23.1 Å². The van der Waals surface area contributed by atoms with E-state index >= 15 is 0 Å². The molecule has 1 atom stereocenters. The molecule has 1 aromatic carbocycles. The van der Waals surface area contributed by atoms with Crippen molar-refractivity contribution < 1.29 is 4.39 Å². The van der Waals surface area contributed by atoms with Crippen LogP contribution in [0.4, 0.5) is 4.39 Å². The highest BCUT2D eigenvalue weighted by molar-refractivity contribution is 5.75. The van der Waals surface area contributed by atoms with E-state index in [0.717, 1.165) is 24.4 Å². The zero-order valence-corrected chi connectivity index (χ0v) is 9.55. The van der Waals surface area contributed by atoms with Gasteiger partial charge in [-0.1, -0.05) is 19.9 Å². The summed E-state index contributed by atoms with van der Waals surface area (Å²) in [4.78, 5) is 7.45. The number of benzene rings is 1. The van der Waals surface area contributed by atoms with Crippen molar-refractivity contribution in [3.63, 3.8) is 0 Å². The van der Waals surface area contributed by atoms with Crippen LogP contribution in [-0.2, 0) is 0 Å². The van der Waals surface area contributed by atoms with Gasteiger partial charge in [0.05, 0.1) is 5.52 Å². The van der Waals surface area contributed by atoms with Gasteiger partial charge in [-0.05, 0) is 18.7 Å². The molecule has 1 heterocycles. The lowest BCUT2D eigenvalue weighted by Gasteiger charge is -2.07. The van der Waals surface area contributed by atoms with Crippen LogP contribution in [0.5, 0.6) is 0 Å². The van der Waals surface area contributed by atoms with Gasteiger partial charge in [0, 0.05) is 12.5 Å². The van der Waals surface area contributed by atoms with Crippen molar-refractivity contribution >= 4 is 11.0 Å². The van der Waals surface area contributed by atoms with E-state index in [2.05, 4.69) is 29.1 Å².